The molecule has 0 aromatic rings. The van der Waals surface area contributed by atoms with E-state index in [0.29, 0.717) is 31.5 Å². The van der Waals surface area contributed by atoms with Crippen molar-refractivity contribution in [1.82, 2.24) is 0 Å². The predicted octanol–water partition coefficient (Wildman–Crippen LogP) is 3.64. The van der Waals surface area contributed by atoms with Crippen LogP contribution in [0.15, 0.2) is 25.0 Å². The lowest BCUT2D eigenvalue weighted by atomic mass is 9.74. The van der Waals surface area contributed by atoms with Crippen molar-refractivity contribution in [2.75, 3.05) is 26.4 Å². The number of hydrogen-bond donors (Lipinski definition) is 1. The SMILES string of the molecule is C=COCC1CCC(COC(C)OC(=O)C2CCC(C(=O)OCCOC(=O)C(=C)C)C(C(=O)O)C2)CC1. The quantitative estimate of drug-likeness (QED) is 0.0896. The summed E-state index contributed by atoms with van der Waals surface area (Å²) < 4.78 is 26.5. The molecular formula is C27H40O10. The maximum Gasteiger partial charge on any atom is 0.333 e. The van der Waals surface area contributed by atoms with Crippen LogP contribution in [0.5, 0.6) is 0 Å². The average Bonchev–Trinajstić information content (AvgIpc) is 2.88. The first-order chi connectivity index (χ1) is 17.6. The van der Waals surface area contributed by atoms with Crippen LogP contribution in [0.2, 0.25) is 0 Å². The Morgan fingerprint density at radius 1 is 0.919 bits per heavy atom. The van der Waals surface area contributed by atoms with Crippen LogP contribution in [-0.2, 0) is 42.9 Å². The number of rotatable bonds is 14. The number of esters is 3. The van der Waals surface area contributed by atoms with Crippen molar-refractivity contribution in [2.24, 2.45) is 29.6 Å². The van der Waals surface area contributed by atoms with E-state index < -0.39 is 47.9 Å². The minimum Gasteiger partial charge on any atom is -0.502 e. The molecule has 0 aromatic carbocycles. The Labute approximate surface area is 218 Å². The van der Waals surface area contributed by atoms with E-state index in [9.17, 15) is 24.3 Å². The fourth-order valence-corrected chi connectivity index (χ4v) is 4.78. The van der Waals surface area contributed by atoms with Crippen LogP contribution in [0.25, 0.3) is 0 Å². The first-order valence-corrected chi connectivity index (χ1v) is 12.9. The van der Waals surface area contributed by atoms with Crippen LogP contribution in [-0.4, -0.2) is 61.7 Å². The number of carboxylic acid groups (broad SMARTS) is 1. The highest BCUT2D eigenvalue weighted by molar-refractivity contribution is 5.87. The zero-order valence-electron chi connectivity index (χ0n) is 21.9. The summed E-state index contributed by atoms with van der Waals surface area (Å²) in [4.78, 5) is 48.4. The number of carboxylic acids is 1. The first-order valence-electron chi connectivity index (χ1n) is 12.9. The van der Waals surface area contributed by atoms with Crippen LogP contribution in [0.3, 0.4) is 0 Å². The zero-order chi connectivity index (χ0) is 27.4. The highest BCUT2D eigenvalue weighted by Gasteiger charge is 2.43. The van der Waals surface area contributed by atoms with Gasteiger partial charge >= 0.3 is 23.9 Å². The molecule has 10 heteroatoms. The molecule has 2 rings (SSSR count). The van der Waals surface area contributed by atoms with E-state index in [1.165, 1.54) is 13.2 Å². The highest BCUT2D eigenvalue weighted by Crippen LogP contribution is 2.36. The third-order valence-electron chi connectivity index (χ3n) is 6.98. The molecule has 0 heterocycles. The van der Waals surface area contributed by atoms with Gasteiger partial charge in [0.2, 0.25) is 0 Å². The third kappa shape index (κ3) is 10.2. The second-order valence-electron chi connectivity index (χ2n) is 9.87. The lowest BCUT2D eigenvalue weighted by molar-refractivity contribution is -0.185. The lowest BCUT2D eigenvalue weighted by Crippen LogP contribution is -2.40. The van der Waals surface area contributed by atoms with E-state index in [1.54, 1.807) is 6.92 Å². The minimum atomic E-state index is -1.17. The van der Waals surface area contributed by atoms with Gasteiger partial charge in [0.1, 0.15) is 13.2 Å². The van der Waals surface area contributed by atoms with Gasteiger partial charge in [0.05, 0.1) is 37.2 Å². The van der Waals surface area contributed by atoms with Crippen molar-refractivity contribution in [3.8, 4) is 0 Å². The summed E-state index contributed by atoms with van der Waals surface area (Å²) in [5.74, 6) is -4.68. The Morgan fingerprint density at radius 3 is 2.14 bits per heavy atom. The summed E-state index contributed by atoms with van der Waals surface area (Å²) in [6.45, 7) is 11.0. The molecule has 0 saturated heterocycles. The molecular weight excluding hydrogens is 484 g/mol. The monoisotopic (exact) mass is 524 g/mol. The van der Waals surface area contributed by atoms with Crippen LogP contribution in [0.4, 0.5) is 0 Å². The van der Waals surface area contributed by atoms with Crippen molar-refractivity contribution in [1.29, 1.82) is 0 Å². The van der Waals surface area contributed by atoms with Gasteiger partial charge in [-0.1, -0.05) is 13.2 Å². The summed E-state index contributed by atoms with van der Waals surface area (Å²) in [7, 11) is 0. The van der Waals surface area contributed by atoms with Gasteiger partial charge in [0, 0.05) is 5.57 Å². The Bertz CT molecular complexity index is 814. The summed E-state index contributed by atoms with van der Waals surface area (Å²) >= 11 is 0. The van der Waals surface area contributed by atoms with Crippen LogP contribution < -0.4 is 0 Å². The summed E-state index contributed by atoms with van der Waals surface area (Å²) in [6.07, 6.45) is 5.31. The van der Waals surface area contributed by atoms with Crippen molar-refractivity contribution in [3.63, 3.8) is 0 Å². The smallest absolute Gasteiger partial charge is 0.333 e. The number of ether oxygens (including phenoxy) is 5. The van der Waals surface area contributed by atoms with Gasteiger partial charge in [0.25, 0.3) is 0 Å². The molecule has 10 nitrogen and oxygen atoms in total. The van der Waals surface area contributed by atoms with E-state index in [4.69, 9.17) is 23.7 Å². The van der Waals surface area contributed by atoms with Crippen molar-refractivity contribution < 1.29 is 48.0 Å². The Hall–Kier alpha value is -2.88. The molecule has 4 unspecified atom stereocenters. The van der Waals surface area contributed by atoms with E-state index in [1.807, 2.05) is 0 Å². The van der Waals surface area contributed by atoms with Gasteiger partial charge < -0.3 is 28.8 Å². The molecule has 2 fully saturated rings. The van der Waals surface area contributed by atoms with Crippen molar-refractivity contribution >= 4 is 23.9 Å². The molecule has 2 saturated carbocycles. The zero-order valence-corrected chi connectivity index (χ0v) is 21.9. The molecule has 0 aromatic heterocycles. The number of aliphatic carboxylic acids is 1. The average molecular weight is 525 g/mol. The molecule has 1 N–H and O–H groups in total. The Morgan fingerprint density at radius 2 is 1.54 bits per heavy atom. The fraction of sp³-hybridized carbons (Fsp3) is 0.704. The summed E-state index contributed by atoms with van der Waals surface area (Å²) in [5, 5.41) is 9.66. The van der Waals surface area contributed by atoms with E-state index in [0.717, 1.165) is 25.7 Å². The Kier molecular flexibility index (Phi) is 12.6. The van der Waals surface area contributed by atoms with Crippen LogP contribution >= 0.6 is 0 Å². The molecule has 208 valence electrons. The third-order valence-corrected chi connectivity index (χ3v) is 6.98. The number of carbonyl (C=O) groups is 4. The maximum absolute atomic E-state index is 12.7. The van der Waals surface area contributed by atoms with E-state index >= 15 is 0 Å². The topological polar surface area (TPSA) is 135 Å². The Balaban J connectivity index is 1.74. The molecule has 37 heavy (non-hydrogen) atoms. The number of hydrogen-bond acceptors (Lipinski definition) is 9. The van der Waals surface area contributed by atoms with Crippen LogP contribution in [0.1, 0.15) is 58.8 Å². The summed E-state index contributed by atoms with van der Waals surface area (Å²) in [5.41, 5.74) is 0.222. The van der Waals surface area contributed by atoms with Crippen molar-refractivity contribution in [3.05, 3.63) is 25.0 Å². The van der Waals surface area contributed by atoms with Gasteiger partial charge in [-0.25, -0.2) is 4.79 Å². The van der Waals surface area contributed by atoms with Gasteiger partial charge in [-0.3, -0.25) is 14.4 Å². The predicted molar refractivity (Wildman–Crippen MR) is 132 cm³/mol. The second kappa shape index (κ2) is 15.4. The van der Waals surface area contributed by atoms with E-state index in [2.05, 4.69) is 13.2 Å². The summed E-state index contributed by atoms with van der Waals surface area (Å²) in [6, 6.07) is 0. The van der Waals surface area contributed by atoms with Gasteiger partial charge in [-0.2, -0.15) is 0 Å². The fourth-order valence-electron chi connectivity index (χ4n) is 4.78. The molecule has 2 aliphatic carbocycles. The van der Waals surface area contributed by atoms with Gasteiger partial charge in [0.15, 0.2) is 6.29 Å². The molecule has 0 spiro atoms. The van der Waals surface area contributed by atoms with Gasteiger partial charge in [-0.15, -0.1) is 0 Å². The molecule has 2 aliphatic rings. The first kappa shape index (κ1) is 30.3. The number of carbonyl (C=O) groups excluding carboxylic acids is 3. The lowest BCUT2D eigenvalue weighted by Gasteiger charge is -2.32. The normalized spacial score (nSPS) is 26.3. The molecule has 0 aliphatic heterocycles. The molecule has 0 bridgehead atoms. The van der Waals surface area contributed by atoms with E-state index in [-0.39, 0.29) is 31.6 Å². The standard InChI is InChI=1S/C27H40O10/c1-5-33-15-19-6-8-20(9-7-19)16-36-18(4)37-26(31)21-10-11-22(23(14-21)24(28)29)27(32)35-13-12-34-25(30)17(2)3/h5,18-23H,1-2,6-16H2,3-4H3,(H,28,29). The minimum absolute atomic E-state index is 0.0257. The van der Waals surface area contributed by atoms with Crippen molar-refractivity contribution in [2.45, 2.75) is 65.1 Å². The molecule has 0 radical (unpaired) electrons. The van der Waals surface area contributed by atoms with Crippen LogP contribution in [0, 0.1) is 29.6 Å². The molecule has 0 amide bonds. The molecule has 4 atom stereocenters. The largest absolute Gasteiger partial charge is 0.502 e. The highest BCUT2D eigenvalue weighted by atomic mass is 16.7. The van der Waals surface area contributed by atoms with Gasteiger partial charge in [-0.05, 0) is 70.6 Å². The maximum atomic E-state index is 12.7. The second-order valence-corrected chi connectivity index (χ2v) is 9.87.